The first-order valence-corrected chi connectivity index (χ1v) is 3.93. The van der Waals surface area contributed by atoms with Gasteiger partial charge in [0.2, 0.25) is 11.4 Å². The van der Waals surface area contributed by atoms with Gasteiger partial charge in [0.25, 0.3) is 0 Å². The molecule has 66 valence electrons. The zero-order valence-corrected chi connectivity index (χ0v) is 6.86. The first kappa shape index (κ1) is 8.24. The number of fused-ring (bicyclic) bond motifs is 1. The van der Waals surface area contributed by atoms with Gasteiger partial charge in [-0.3, -0.25) is 4.79 Å². The summed E-state index contributed by atoms with van der Waals surface area (Å²) in [5.74, 6) is 5.03. The van der Waals surface area contributed by atoms with Gasteiger partial charge in [0.1, 0.15) is 12.2 Å². The van der Waals surface area contributed by atoms with Crippen molar-refractivity contribution >= 4 is 5.78 Å². The van der Waals surface area contributed by atoms with E-state index in [1.807, 2.05) is 0 Å². The first-order valence-electron chi connectivity index (χ1n) is 3.93. The molecule has 3 heteroatoms. The van der Waals surface area contributed by atoms with Crippen molar-refractivity contribution in [2.45, 2.75) is 17.8 Å². The third-order valence-electron chi connectivity index (χ3n) is 2.14. The normalized spacial score (nSPS) is 40.2. The summed E-state index contributed by atoms with van der Waals surface area (Å²) >= 11 is 0. The molecular formula is C10H8O3. The fraction of sp³-hybridized carbons (Fsp3) is 0.300. The lowest BCUT2D eigenvalue weighted by Crippen LogP contribution is -2.33. The molecule has 1 saturated heterocycles. The molecule has 1 fully saturated rings. The van der Waals surface area contributed by atoms with Gasteiger partial charge in [0, 0.05) is 0 Å². The van der Waals surface area contributed by atoms with Crippen LogP contribution >= 0.6 is 0 Å². The number of hydrogen-bond acceptors (Lipinski definition) is 3. The monoisotopic (exact) mass is 176 g/mol. The van der Waals surface area contributed by atoms with Crippen LogP contribution in [0.2, 0.25) is 0 Å². The molecule has 2 rings (SSSR count). The van der Waals surface area contributed by atoms with Gasteiger partial charge in [0.15, 0.2) is 0 Å². The lowest BCUT2D eigenvalue weighted by Gasteiger charge is -2.08. The van der Waals surface area contributed by atoms with Crippen LogP contribution in [0, 0.1) is 11.8 Å². The molecule has 0 radical (unpaired) electrons. The van der Waals surface area contributed by atoms with E-state index in [1.165, 1.54) is 18.2 Å². The Bertz CT molecular complexity index is 358. The Labute approximate surface area is 75.7 Å². The summed E-state index contributed by atoms with van der Waals surface area (Å²) in [5.41, 5.74) is -1.08. The molecule has 0 aromatic carbocycles. The van der Waals surface area contributed by atoms with Gasteiger partial charge in [-0.1, -0.05) is 18.4 Å². The quantitative estimate of drug-likeness (QED) is 0.411. The third-order valence-corrected chi connectivity index (χ3v) is 2.14. The molecule has 0 amide bonds. The summed E-state index contributed by atoms with van der Waals surface area (Å²) in [7, 11) is 0. The summed E-state index contributed by atoms with van der Waals surface area (Å²) in [6.45, 7) is 3.42. The van der Waals surface area contributed by atoms with Gasteiger partial charge in [-0.25, -0.2) is 0 Å². The Morgan fingerprint density at radius 3 is 3.23 bits per heavy atom. The zero-order valence-electron chi connectivity index (χ0n) is 6.86. The van der Waals surface area contributed by atoms with Crippen molar-refractivity contribution in [3.63, 3.8) is 0 Å². The van der Waals surface area contributed by atoms with Crippen LogP contribution in [0.25, 0.3) is 0 Å². The van der Waals surface area contributed by atoms with E-state index in [4.69, 9.17) is 4.74 Å². The number of aliphatic hydroxyl groups is 1. The Hall–Kier alpha value is -1.37. The summed E-state index contributed by atoms with van der Waals surface area (Å²) in [4.78, 5) is 11.3. The predicted octanol–water partition coefficient (Wildman–Crippen LogP) is -0.187. The van der Waals surface area contributed by atoms with Crippen LogP contribution in [-0.4, -0.2) is 28.7 Å². The van der Waals surface area contributed by atoms with E-state index in [9.17, 15) is 9.90 Å². The number of hydrogen-bond donors (Lipinski definition) is 1. The van der Waals surface area contributed by atoms with Crippen molar-refractivity contribution in [1.29, 1.82) is 0 Å². The maximum atomic E-state index is 11.3. The van der Waals surface area contributed by atoms with Crippen LogP contribution in [0.4, 0.5) is 0 Å². The van der Waals surface area contributed by atoms with Gasteiger partial charge in [-0.05, 0) is 18.2 Å². The standard InChI is InChI=1S/C10H8O3/c1-2-3-6-10-8(12)5-4-7(11)9(10)13-10/h2,4-5,7,9,11H,1H2. The van der Waals surface area contributed by atoms with Crippen molar-refractivity contribution < 1.29 is 14.6 Å². The molecule has 1 aliphatic heterocycles. The van der Waals surface area contributed by atoms with E-state index >= 15 is 0 Å². The van der Waals surface area contributed by atoms with Crippen LogP contribution in [0.15, 0.2) is 24.8 Å². The summed E-state index contributed by atoms with van der Waals surface area (Å²) in [6.07, 6.45) is 2.92. The summed E-state index contributed by atoms with van der Waals surface area (Å²) < 4.78 is 5.11. The van der Waals surface area contributed by atoms with Crippen LogP contribution < -0.4 is 0 Å². The highest BCUT2D eigenvalue weighted by Crippen LogP contribution is 2.42. The number of epoxide rings is 1. The third kappa shape index (κ3) is 1.04. The predicted molar refractivity (Wildman–Crippen MR) is 45.7 cm³/mol. The molecule has 1 N–H and O–H groups in total. The number of ketones is 1. The van der Waals surface area contributed by atoms with Crippen molar-refractivity contribution in [2.24, 2.45) is 0 Å². The van der Waals surface area contributed by atoms with E-state index in [1.54, 1.807) is 0 Å². The summed E-state index contributed by atoms with van der Waals surface area (Å²) in [5, 5.41) is 9.34. The molecule has 2 aliphatic rings. The fourth-order valence-electron chi connectivity index (χ4n) is 1.41. The molecule has 0 bridgehead atoms. The van der Waals surface area contributed by atoms with E-state index in [2.05, 4.69) is 18.4 Å². The van der Waals surface area contributed by atoms with Crippen LogP contribution in [0.1, 0.15) is 0 Å². The fourth-order valence-corrected chi connectivity index (χ4v) is 1.41. The molecule has 0 spiro atoms. The summed E-state index contributed by atoms with van der Waals surface area (Å²) in [6, 6.07) is 0. The Balaban J connectivity index is 2.32. The highest BCUT2D eigenvalue weighted by Gasteiger charge is 2.65. The van der Waals surface area contributed by atoms with Gasteiger partial charge >= 0.3 is 0 Å². The van der Waals surface area contributed by atoms with Crippen LogP contribution in [0.3, 0.4) is 0 Å². The average molecular weight is 176 g/mol. The number of rotatable bonds is 0. The van der Waals surface area contributed by atoms with Crippen molar-refractivity contribution in [3.8, 4) is 11.8 Å². The van der Waals surface area contributed by atoms with Gasteiger partial charge in [0.05, 0.1) is 0 Å². The number of ether oxygens (including phenoxy) is 1. The topological polar surface area (TPSA) is 49.8 Å². The number of allylic oxidation sites excluding steroid dienone is 1. The Morgan fingerprint density at radius 1 is 1.77 bits per heavy atom. The second kappa shape index (κ2) is 2.56. The largest absolute Gasteiger partial charge is 0.386 e. The van der Waals surface area contributed by atoms with Crippen LogP contribution in [-0.2, 0) is 9.53 Å². The van der Waals surface area contributed by atoms with Gasteiger partial charge in [-0.15, -0.1) is 0 Å². The van der Waals surface area contributed by atoms with Crippen molar-refractivity contribution in [2.75, 3.05) is 0 Å². The number of aliphatic hydroxyl groups excluding tert-OH is 1. The SMILES string of the molecule is C=CC#CC12OC1C(O)C=CC2=O. The highest BCUT2D eigenvalue weighted by atomic mass is 16.6. The Morgan fingerprint density at radius 2 is 2.54 bits per heavy atom. The van der Waals surface area contributed by atoms with Crippen molar-refractivity contribution in [1.82, 2.24) is 0 Å². The second-order valence-corrected chi connectivity index (χ2v) is 2.96. The second-order valence-electron chi connectivity index (χ2n) is 2.96. The first-order chi connectivity index (χ1) is 6.20. The molecule has 3 atom stereocenters. The smallest absolute Gasteiger partial charge is 0.221 e. The van der Waals surface area contributed by atoms with Crippen molar-refractivity contribution in [3.05, 3.63) is 24.8 Å². The van der Waals surface area contributed by atoms with E-state index in [-0.39, 0.29) is 5.78 Å². The lowest BCUT2D eigenvalue weighted by molar-refractivity contribution is -0.117. The molecule has 1 heterocycles. The van der Waals surface area contributed by atoms with Gasteiger partial charge in [-0.2, -0.15) is 0 Å². The maximum absolute atomic E-state index is 11.3. The number of carbonyl (C=O) groups excluding carboxylic acids is 1. The van der Waals surface area contributed by atoms with E-state index in [0.717, 1.165) is 0 Å². The molecule has 3 nitrogen and oxygen atoms in total. The molecule has 1 aliphatic carbocycles. The Kier molecular flexibility index (Phi) is 1.62. The molecular weight excluding hydrogens is 168 g/mol. The van der Waals surface area contributed by atoms with E-state index < -0.39 is 17.8 Å². The van der Waals surface area contributed by atoms with Crippen LogP contribution in [0.5, 0.6) is 0 Å². The molecule has 0 saturated carbocycles. The molecule has 0 aromatic rings. The zero-order chi connectivity index (χ0) is 9.47. The minimum Gasteiger partial charge on any atom is -0.386 e. The maximum Gasteiger partial charge on any atom is 0.221 e. The highest BCUT2D eigenvalue weighted by molar-refractivity contribution is 6.04. The number of carbonyl (C=O) groups is 1. The minimum atomic E-state index is -1.08. The molecule has 0 aromatic heterocycles. The lowest BCUT2D eigenvalue weighted by atomic mass is 9.92. The average Bonchev–Trinajstić information content (AvgIpc) is 2.86. The van der Waals surface area contributed by atoms with Gasteiger partial charge < -0.3 is 9.84 Å². The minimum absolute atomic E-state index is 0.197. The van der Waals surface area contributed by atoms with E-state index in [0.29, 0.717) is 0 Å². The molecule has 13 heavy (non-hydrogen) atoms. The molecule has 3 unspecified atom stereocenters.